The zero-order chi connectivity index (χ0) is 13.5. The third-order valence-electron chi connectivity index (χ3n) is 4.46. The van der Waals surface area contributed by atoms with Gasteiger partial charge in [0.15, 0.2) is 0 Å². The van der Waals surface area contributed by atoms with E-state index in [-0.39, 0.29) is 0 Å². The van der Waals surface area contributed by atoms with Crippen LogP contribution in [0.1, 0.15) is 57.7 Å². The molecule has 1 unspecified atom stereocenters. The molecule has 4 heteroatoms. The van der Waals surface area contributed by atoms with Crippen LogP contribution < -0.4 is 11.3 Å². The molecule has 108 valence electrons. The summed E-state index contributed by atoms with van der Waals surface area (Å²) in [6.07, 6.45) is 14.4. The summed E-state index contributed by atoms with van der Waals surface area (Å²) < 4.78 is 2.20. The first-order valence-electron chi connectivity index (χ1n) is 7.79. The van der Waals surface area contributed by atoms with Crippen LogP contribution in [0, 0.1) is 5.92 Å². The van der Waals surface area contributed by atoms with E-state index in [9.17, 15) is 0 Å². The molecule has 0 radical (unpaired) electrons. The molecule has 19 heavy (non-hydrogen) atoms. The fourth-order valence-corrected chi connectivity index (χ4v) is 3.20. The minimum atomic E-state index is 0.356. The number of rotatable bonds is 7. The quantitative estimate of drug-likeness (QED) is 0.588. The summed E-state index contributed by atoms with van der Waals surface area (Å²) in [5.74, 6) is 7.78. The van der Waals surface area contributed by atoms with Crippen molar-refractivity contribution in [3.05, 3.63) is 18.2 Å². The highest BCUT2D eigenvalue weighted by molar-refractivity contribution is 4.95. The number of aromatic nitrogens is 2. The van der Waals surface area contributed by atoms with Crippen molar-refractivity contribution in [2.45, 2.75) is 70.9 Å². The van der Waals surface area contributed by atoms with Crippen LogP contribution in [0.4, 0.5) is 0 Å². The number of hydrogen-bond donors (Lipinski definition) is 2. The van der Waals surface area contributed by atoms with Gasteiger partial charge >= 0.3 is 0 Å². The van der Waals surface area contributed by atoms with E-state index in [4.69, 9.17) is 5.84 Å². The number of nitrogens with one attached hydrogen (secondary N) is 1. The molecule has 1 heterocycles. The van der Waals surface area contributed by atoms with Crippen LogP contribution in [0.25, 0.3) is 0 Å². The van der Waals surface area contributed by atoms with Gasteiger partial charge in [-0.3, -0.25) is 11.3 Å². The monoisotopic (exact) mass is 264 g/mol. The lowest BCUT2D eigenvalue weighted by atomic mass is 9.85. The first-order chi connectivity index (χ1) is 9.33. The third-order valence-corrected chi connectivity index (χ3v) is 4.46. The second kappa shape index (κ2) is 7.65. The first-order valence-corrected chi connectivity index (χ1v) is 7.79. The van der Waals surface area contributed by atoms with Gasteiger partial charge in [-0.1, -0.05) is 32.1 Å². The van der Waals surface area contributed by atoms with Gasteiger partial charge in [-0.2, -0.15) is 0 Å². The fourth-order valence-electron chi connectivity index (χ4n) is 3.20. The summed E-state index contributed by atoms with van der Waals surface area (Å²) in [5.41, 5.74) is 2.98. The molecule has 0 spiro atoms. The van der Waals surface area contributed by atoms with E-state index in [1.165, 1.54) is 38.5 Å². The van der Waals surface area contributed by atoms with Crippen molar-refractivity contribution in [1.29, 1.82) is 0 Å². The number of imidazole rings is 1. The highest BCUT2D eigenvalue weighted by Gasteiger charge is 2.17. The van der Waals surface area contributed by atoms with Crippen molar-refractivity contribution in [2.24, 2.45) is 11.8 Å². The Labute approximate surface area is 116 Å². The van der Waals surface area contributed by atoms with Gasteiger partial charge in [0.05, 0.1) is 0 Å². The summed E-state index contributed by atoms with van der Waals surface area (Å²) in [6.45, 7) is 3.13. The number of nitrogens with two attached hydrogens (primary N) is 1. The Morgan fingerprint density at radius 2 is 2.21 bits per heavy atom. The Hall–Kier alpha value is -0.870. The number of aryl methyl sites for hydroxylation is 1. The molecule has 0 amide bonds. The molecule has 2 rings (SSSR count). The van der Waals surface area contributed by atoms with Gasteiger partial charge in [-0.05, 0) is 25.7 Å². The van der Waals surface area contributed by atoms with E-state index < -0.39 is 0 Å². The normalized spacial score (nSPS) is 18.6. The highest BCUT2D eigenvalue weighted by atomic mass is 15.2. The van der Waals surface area contributed by atoms with Gasteiger partial charge in [0.2, 0.25) is 0 Å². The van der Waals surface area contributed by atoms with Crippen LogP contribution in [-0.4, -0.2) is 15.6 Å². The second-order valence-electron chi connectivity index (χ2n) is 5.78. The summed E-state index contributed by atoms with van der Waals surface area (Å²) in [7, 11) is 0. The molecule has 1 atom stereocenters. The van der Waals surface area contributed by atoms with Crippen LogP contribution in [0.2, 0.25) is 0 Å². The van der Waals surface area contributed by atoms with E-state index in [1.807, 2.05) is 12.4 Å². The molecule has 0 bridgehead atoms. The van der Waals surface area contributed by atoms with Crippen LogP contribution in [0.3, 0.4) is 0 Å². The van der Waals surface area contributed by atoms with Gasteiger partial charge in [0, 0.05) is 31.4 Å². The molecule has 4 nitrogen and oxygen atoms in total. The predicted octanol–water partition coefficient (Wildman–Crippen LogP) is 2.64. The van der Waals surface area contributed by atoms with Gasteiger partial charge in [-0.25, -0.2) is 4.98 Å². The molecule has 1 saturated carbocycles. The summed E-state index contributed by atoms with van der Waals surface area (Å²) >= 11 is 0. The van der Waals surface area contributed by atoms with Crippen molar-refractivity contribution in [1.82, 2.24) is 15.0 Å². The van der Waals surface area contributed by atoms with Gasteiger partial charge in [-0.15, -0.1) is 0 Å². The lowest BCUT2D eigenvalue weighted by molar-refractivity contribution is 0.311. The maximum absolute atomic E-state index is 5.71. The topological polar surface area (TPSA) is 55.9 Å². The molecule has 1 aromatic rings. The predicted molar refractivity (Wildman–Crippen MR) is 78.5 cm³/mol. The zero-order valence-electron chi connectivity index (χ0n) is 12.1. The Morgan fingerprint density at radius 1 is 1.42 bits per heavy atom. The smallest absolute Gasteiger partial charge is 0.110 e. The Balaban J connectivity index is 1.79. The third kappa shape index (κ3) is 4.32. The fraction of sp³-hybridized carbons (Fsp3) is 0.800. The summed E-state index contributed by atoms with van der Waals surface area (Å²) in [5, 5.41) is 0. The van der Waals surface area contributed by atoms with Crippen LogP contribution >= 0.6 is 0 Å². The number of nitrogens with zero attached hydrogens (tertiary/aromatic N) is 2. The van der Waals surface area contributed by atoms with Gasteiger partial charge in [0.25, 0.3) is 0 Å². The molecular weight excluding hydrogens is 236 g/mol. The summed E-state index contributed by atoms with van der Waals surface area (Å²) in [6, 6.07) is 0.356. The number of hydrazine groups is 1. The molecular formula is C15H28N4. The largest absolute Gasteiger partial charge is 0.335 e. The average molecular weight is 264 g/mol. The molecule has 3 N–H and O–H groups in total. The minimum Gasteiger partial charge on any atom is -0.335 e. The molecule has 1 aromatic heterocycles. The van der Waals surface area contributed by atoms with Gasteiger partial charge < -0.3 is 4.57 Å². The molecule has 1 fully saturated rings. The van der Waals surface area contributed by atoms with E-state index in [2.05, 4.69) is 21.9 Å². The minimum absolute atomic E-state index is 0.356. The van der Waals surface area contributed by atoms with Crippen molar-refractivity contribution in [3.63, 3.8) is 0 Å². The standard InChI is InChI=1S/C15H28N4/c1-2-19-11-10-17-15(19)12-14(18-16)9-8-13-6-4-3-5-7-13/h10-11,13-14,18H,2-9,12,16H2,1H3. The lowest BCUT2D eigenvalue weighted by Gasteiger charge is -2.24. The Bertz CT molecular complexity index is 355. The highest BCUT2D eigenvalue weighted by Crippen LogP contribution is 2.27. The summed E-state index contributed by atoms with van der Waals surface area (Å²) in [4.78, 5) is 4.44. The van der Waals surface area contributed by atoms with Crippen LogP contribution in [-0.2, 0) is 13.0 Å². The maximum atomic E-state index is 5.71. The maximum Gasteiger partial charge on any atom is 0.110 e. The van der Waals surface area contributed by atoms with Crippen LogP contribution in [0.15, 0.2) is 12.4 Å². The van der Waals surface area contributed by atoms with Crippen molar-refractivity contribution in [2.75, 3.05) is 0 Å². The lowest BCUT2D eigenvalue weighted by Crippen LogP contribution is -2.37. The van der Waals surface area contributed by atoms with E-state index >= 15 is 0 Å². The average Bonchev–Trinajstić information content (AvgIpc) is 2.91. The van der Waals surface area contributed by atoms with E-state index in [0.717, 1.165) is 31.1 Å². The molecule has 0 saturated heterocycles. The molecule has 1 aliphatic carbocycles. The second-order valence-corrected chi connectivity index (χ2v) is 5.78. The van der Waals surface area contributed by atoms with E-state index in [0.29, 0.717) is 6.04 Å². The van der Waals surface area contributed by atoms with Crippen molar-refractivity contribution >= 4 is 0 Å². The van der Waals surface area contributed by atoms with E-state index in [1.54, 1.807) is 0 Å². The number of hydrogen-bond acceptors (Lipinski definition) is 3. The Kier molecular flexibility index (Phi) is 5.86. The van der Waals surface area contributed by atoms with Gasteiger partial charge in [0.1, 0.15) is 5.82 Å². The SMILES string of the molecule is CCn1ccnc1CC(CCC1CCCCC1)NN. The van der Waals surface area contributed by atoms with Crippen molar-refractivity contribution < 1.29 is 0 Å². The first kappa shape index (κ1) is 14.5. The molecule has 0 aromatic carbocycles. The van der Waals surface area contributed by atoms with Crippen molar-refractivity contribution in [3.8, 4) is 0 Å². The molecule has 0 aliphatic heterocycles. The Morgan fingerprint density at radius 3 is 2.89 bits per heavy atom. The van der Waals surface area contributed by atoms with Crippen LogP contribution in [0.5, 0.6) is 0 Å². The molecule has 1 aliphatic rings. The zero-order valence-corrected chi connectivity index (χ0v) is 12.1.